The van der Waals surface area contributed by atoms with Gasteiger partial charge in [0.05, 0.1) is 11.6 Å². The second-order valence-electron chi connectivity index (χ2n) is 2.59. The maximum absolute atomic E-state index is 8.71. The molecule has 0 saturated carbocycles. The number of nitrogens with zero attached hydrogens (tertiary/aromatic N) is 1. The third kappa shape index (κ3) is 1.60. The number of benzene rings is 1. The number of rotatable bonds is 2. The Bertz CT molecular complexity index is 368. The molecule has 0 radical (unpaired) electrons. The van der Waals surface area contributed by atoms with E-state index in [1.165, 1.54) is 0 Å². The van der Waals surface area contributed by atoms with Gasteiger partial charge in [-0.2, -0.15) is 5.26 Å². The van der Waals surface area contributed by atoms with Gasteiger partial charge >= 0.3 is 0 Å². The predicted octanol–water partition coefficient (Wildman–Crippen LogP) is 2.43. The first kappa shape index (κ1) is 9.08. The lowest BCUT2D eigenvalue weighted by Gasteiger charge is -2.04. The van der Waals surface area contributed by atoms with Gasteiger partial charge in [-0.1, -0.05) is 25.3 Å². The lowest BCUT2D eigenvalue weighted by atomic mass is 10.0. The maximum atomic E-state index is 8.71. The van der Waals surface area contributed by atoms with E-state index in [0.717, 1.165) is 11.1 Å². The van der Waals surface area contributed by atoms with Crippen LogP contribution < -0.4 is 5.73 Å². The summed E-state index contributed by atoms with van der Waals surface area (Å²) in [4.78, 5) is 0. The van der Waals surface area contributed by atoms with E-state index in [0.29, 0.717) is 11.3 Å². The summed E-state index contributed by atoms with van der Waals surface area (Å²) in [5, 5.41) is 8.71. The van der Waals surface area contributed by atoms with E-state index in [2.05, 4.69) is 19.2 Å². The second kappa shape index (κ2) is 3.59. The van der Waals surface area contributed by atoms with Crippen molar-refractivity contribution in [3.63, 3.8) is 0 Å². The molecule has 0 aliphatic carbocycles. The Morgan fingerprint density at radius 2 is 1.69 bits per heavy atom. The van der Waals surface area contributed by atoms with Gasteiger partial charge in [-0.25, -0.2) is 0 Å². The van der Waals surface area contributed by atoms with Crippen LogP contribution in [0.3, 0.4) is 0 Å². The first-order chi connectivity index (χ1) is 6.22. The smallest absolute Gasteiger partial charge is 0.0992 e. The molecule has 0 amide bonds. The van der Waals surface area contributed by atoms with Crippen LogP contribution in [-0.2, 0) is 0 Å². The summed E-state index contributed by atoms with van der Waals surface area (Å²) in [5.74, 6) is 0. The lowest BCUT2D eigenvalue weighted by molar-refractivity contribution is 1.47. The zero-order chi connectivity index (χ0) is 9.84. The van der Waals surface area contributed by atoms with E-state index >= 15 is 0 Å². The number of nitrogen functional groups attached to an aromatic ring is 1. The molecule has 0 spiro atoms. The first-order valence-electron chi connectivity index (χ1n) is 3.81. The van der Waals surface area contributed by atoms with Crippen LogP contribution in [0.25, 0.3) is 12.2 Å². The van der Waals surface area contributed by atoms with Gasteiger partial charge in [0, 0.05) is 5.69 Å². The highest BCUT2D eigenvalue weighted by molar-refractivity contribution is 5.75. The van der Waals surface area contributed by atoms with Gasteiger partial charge in [0.15, 0.2) is 0 Å². The number of nitriles is 1. The summed E-state index contributed by atoms with van der Waals surface area (Å²) in [5.41, 5.74) is 8.50. The molecule has 0 aliphatic heterocycles. The van der Waals surface area contributed by atoms with Crippen molar-refractivity contribution in [3.8, 4) is 6.07 Å². The van der Waals surface area contributed by atoms with Gasteiger partial charge < -0.3 is 5.73 Å². The molecule has 0 aliphatic rings. The van der Waals surface area contributed by atoms with Crippen LogP contribution >= 0.6 is 0 Å². The molecule has 0 fully saturated rings. The number of hydrogen-bond acceptors (Lipinski definition) is 2. The van der Waals surface area contributed by atoms with E-state index < -0.39 is 0 Å². The summed E-state index contributed by atoms with van der Waals surface area (Å²) in [6.07, 6.45) is 3.26. The monoisotopic (exact) mass is 170 g/mol. The Morgan fingerprint density at radius 3 is 2.00 bits per heavy atom. The van der Waals surface area contributed by atoms with Crippen molar-refractivity contribution in [2.45, 2.75) is 0 Å². The fourth-order valence-electron chi connectivity index (χ4n) is 1.10. The number of hydrogen-bond donors (Lipinski definition) is 1. The van der Waals surface area contributed by atoms with E-state index in [1.54, 1.807) is 24.3 Å². The van der Waals surface area contributed by atoms with Gasteiger partial charge in [-0.3, -0.25) is 0 Å². The van der Waals surface area contributed by atoms with E-state index in [4.69, 9.17) is 11.0 Å². The highest BCUT2D eigenvalue weighted by Crippen LogP contribution is 2.21. The Hall–Kier alpha value is -2.01. The zero-order valence-electron chi connectivity index (χ0n) is 7.25. The van der Waals surface area contributed by atoms with E-state index in [-0.39, 0.29) is 0 Å². The fraction of sp³-hybridized carbons (Fsp3) is 0. The molecule has 1 rings (SSSR count). The van der Waals surface area contributed by atoms with Crippen molar-refractivity contribution in [1.29, 1.82) is 5.26 Å². The number of nitrogens with two attached hydrogens (primary N) is 1. The van der Waals surface area contributed by atoms with Crippen LogP contribution in [0.1, 0.15) is 16.7 Å². The van der Waals surface area contributed by atoms with Crippen molar-refractivity contribution >= 4 is 17.8 Å². The van der Waals surface area contributed by atoms with Crippen LogP contribution in [0.5, 0.6) is 0 Å². The fourth-order valence-corrected chi connectivity index (χ4v) is 1.10. The van der Waals surface area contributed by atoms with Gasteiger partial charge in [0.2, 0.25) is 0 Å². The van der Waals surface area contributed by atoms with Crippen LogP contribution in [0.4, 0.5) is 5.69 Å². The minimum Gasteiger partial charge on any atom is -0.398 e. The van der Waals surface area contributed by atoms with Crippen LogP contribution in [0.15, 0.2) is 25.3 Å². The summed E-state index contributed by atoms with van der Waals surface area (Å²) >= 11 is 0. The average Bonchev–Trinajstić information content (AvgIpc) is 2.18. The zero-order valence-corrected chi connectivity index (χ0v) is 7.25. The quantitative estimate of drug-likeness (QED) is 0.693. The van der Waals surface area contributed by atoms with Gasteiger partial charge in [0.25, 0.3) is 0 Å². The molecule has 0 atom stereocenters. The van der Waals surface area contributed by atoms with Gasteiger partial charge in [0.1, 0.15) is 0 Å². The second-order valence-corrected chi connectivity index (χ2v) is 2.59. The van der Waals surface area contributed by atoms with Gasteiger partial charge in [-0.05, 0) is 23.3 Å². The topological polar surface area (TPSA) is 49.8 Å². The van der Waals surface area contributed by atoms with Gasteiger partial charge in [-0.15, -0.1) is 0 Å². The van der Waals surface area contributed by atoms with Crippen molar-refractivity contribution in [2.75, 3.05) is 5.73 Å². The molecule has 2 nitrogen and oxygen atoms in total. The molecule has 13 heavy (non-hydrogen) atoms. The Morgan fingerprint density at radius 1 is 1.23 bits per heavy atom. The molecule has 0 saturated heterocycles. The molecule has 64 valence electrons. The summed E-state index contributed by atoms with van der Waals surface area (Å²) in [6.45, 7) is 7.24. The minimum atomic E-state index is 0.569. The third-order valence-corrected chi connectivity index (χ3v) is 1.81. The maximum Gasteiger partial charge on any atom is 0.0992 e. The summed E-state index contributed by atoms with van der Waals surface area (Å²) in [7, 11) is 0. The molecule has 0 aromatic heterocycles. The first-order valence-corrected chi connectivity index (χ1v) is 3.81. The normalized spacial score (nSPS) is 8.85. The summed E-state index contributed by atoms with van der Waals surface area (Å²) < 4.78 is 0. The largest absolute Gasteiger partial charge is 0.398 e. The van der Waals surface area contributed by atoms with E-state index in [1.807, 2.05) is 0 Å². The summed E-state index contributed by atoms with van der Waals surface area (Å²) in [6, 6.07) is 5.46. The number of anilines is 1. The third-order valence-electron chi connectivity index (χ3n) is 1.81. The standard InChI is InChI=1S/C11H10N2/c1-3-9-5-8(7-12)6-10(4-2)11(9)13/h3-6H,1-2,13H2. The van der Waals surface area contributed by atoms with Crippen LogP contribution in [-0.4, -0.2) is 0 Å². The van der Waals surface area contributed by atoms with Crippen LogP contribution in [0.2, 0.25) is 0 Å². The van der Waals surface area contributed by atoms with E-state index in [9.17, 15) is 0 Å². The van der Waals surface area contributed by atoms with Crippen molar-refractivity contribution < 1.29 is 0 Å². The molecule has 1 aromatic rings. The molecular weight excluding hydrogens is 160 g/mol. The van der Waals surface area contributed by atoms with Crippen molar-refractivity contribution in [2.24, 2.45) is 0 Å². The average molecular weight is 170 g/mol. The van der Waals surface area contributed by atoms with Crippen molar-refractivity contribution in [3.05, 3.63) is 42.0 Å². The molecule has 1 aromatic carbocycles. The highest BCUT2D eigenvalue weighted by atomic mass is 14.6. The molecule has 0 heterocycles. The Labute approximate surface area is 77.6 Å². The molecule has 0 bridgehead atoms. The van der Waals surface area contributed by atoms with Crippen LogP contribution in [0, 0.1) is 11.3 Å². The molecular formula is C11H10N2. The molecule has 0 unspecified atom stereocenters. The Balaban J connectivity index is 3.47. The highest BCUT2D eigenvalue weighted by Gasteiger charge is 2.02. The Kier molecular flexibility index (Phi) is 2.51. The lowest BCUT2D eigenvalue weighted by Crippen LogP contribution is -1.94. The van der Waals surface area contributed by atoms with Crippen molar-refractivity contribution in [1.82, 2.24) is 0 Å². The predicted molar refractivity (Wildman–Crippen MR) is 55.8 cm³/mol. The molecule has 2 N–H and O–H groups in total. The SMILES string of the molecule is C=Cc1cc(C#N)cc(C=C)c1N. The molecule has 2 heteroatoms. The minimum absolute atomic E-state index is 0.569.